The Morgan fingerprint density at radius 1 is 1.12 bits per heavy atom. The van der Waals surface area contributed by atoms with Crippen molar-refractivity contribution >= 4 is 22.9 Å². The van der Waals surface area contributed by atoms with E-state index in [1.165, 1.54) is 6.07 Å². The summed E-state index contributed by atoms with van der Waals surface area (Å²) < 4.78 is 40.4. The van der Waals surface area contributed by atoms with Crippen LogP contribution in [0.4, 0.5) is 24.8 Å². The van der Waals surface area contributed by atoms with Crippen molar-refractivity contribution in [3.8, 4) is 0 Å². The van der Waals surface area contributed by atoms with Crippen LogP contribution in [0.25, 0.3) is 11.2 Å². The van der Waals surface area contributed by atoms with Crippen molar-refractivity contribution in [2.45, 2.75) is 6.18 Å². The zero-order chi connectivity index (χ0) is 18.3. The molecule has 1 aliphatic heterocycles. The number of alkyl halides is 3. The predicted molar refractivity (Wildman–Crippen MR) is 93.3 cm³/mol. The normalized spacial score (nSPS) is 14.7. The van der Waals surface area contributed by atoms with Crippen LogP contribution in [0, 0.1) is 0 Å². The predicted octanol–water partition coefficient (Wildman–Crippen LogP) is 3.75. The summed E-state index contributed by atoms with van der Waals surface area (Å²) in [4.78, 5) is 5.84. The summed E-state index contributed by atoms with van der Waals surface area (Å²) in [5, 5.41) is 4.08. The van der Waals surface area contributed by atoms with Gasteiger partial charge in [-0.05, 0) is 35.9 Å². The third kappa shape index (κ3) is 3.01. The number of benzene rings is 1. The van der Waals surface area contributed by atoms with Gasteiger partial charge in [0.1, 0.15) is 0 Å². The van der Waals surface area contributed by atoms with Crippen molar-refractivity contribution in [3.63, 3.8) is 0 Å². The SMILES string of the molecule is Nc1nc2ccc(C3=CN(c4cccc(C(F)(F)F)c4)CC=C3)cn2n1. The highest BCUT2D eigenvalue weighted by atomic mass is 19.4. The van der Waals surface area contributed by atoms with E-state index >= 15 is 0 Å². The first-order valence-corrected chi connectivity index (χ1v) is 7.85. The first-order chi connectivity index (χ1) is 12.4. The molecule has 3 heterocycles. The Labute approximate surface area is 146 Å². The lowest BCUT2D eigenvalue weighted by Gasteiger charge is -2.24. The van der Waals surface area contributed by atoms with Crippen molar-refractivity contribution in [2.75, 3.05) is 17.2 Å². The van der Waals surface area contributed by atoms with E-state index in [4.69, 9.17) is 5.73 Å². The van der Waals surface area contributed by atoms with Gasteiger partial charge in [-0.15, -0.1) is 5.10 Å². The molecule has 1 aromatic carbocycles. The summed E-state index contributed by atoms with van der Waals surface area (Å²) in [5.41, 5.74) is 7.74. The van der Waals surface area contributed by atoms with Crippen molar-refractivity contribution in [3.05, 3.63) is 72.1 Å². The maximum atomic E-state index is 13.0. The Bertz CT molecular complexity index is 1030. The first-order valence-electron chi connectivity index (χ1n) is 7.85. The molecule has 2 aromatic heterocycles. The van der Waals surface area contributed by atoms with E-state index in [9.17, 15) is 13.2 Å². The van der Waals surface area contributed by atoms with E-state index in [1.807, 2.05) is 24.4 Å². The number of rotatable bonds is 2. The lowest BCUT2D eigenvalue weighted by Crippen LogP contribution is -2.19. The van der Waals surface area contributed by atoms with Crippen LogP contribution in [-0.2, 0) is 6.18 Å². The molecule has 26 heavy (non-hydrogen) atoms. The molecule has 0 fully saturated rings. The number of nitrogen functional groups attached to an aromatic ring is 1. The number of fused-ring (bicyclic) bond motifs is 1. The maximum Gasteiger partial charge on any atom is 0.416 e. The van der Waals surface area contributed by atoms with Gasteiger partial charge in [0.25, 0.3) is 0 Å². The fraction of sp³-hybridized carbons (Fsp3) is 0.111. The molecule has 0 radical (unpaired) electrons. The second kappa shape index (κ2) is 5.91. The zero-order valence-electron chi connectivity index (χ0n) is 13.5. The van der Waals surface area contributed by atoms with Gasteiger partial charge in [-0.2, -0.15) is 18.2 Å². The van der Waals surface area contributed by atoms with Crippen LogP contribution in [0.3, 0.4) is 0 Å². The number of nitrogens with zero attached hydrogens (tertiary/aromatic N) is 4. The summed E-state index contributed by atoms with van der Waals surface area (Å²) in [6, 6.07) is 8.94. The largest absolute Gasteiger partial charge is 0.416 e. The van der Waals surface area contributed by atoms with Crippen LogP contribution < -0.4 is 10.6 Å². The maximum absolute atomic E-state index is 13.0. The number of pyridine rings is 1. The van der Waals surface area contributed by atoms with Crippen LogP contribution in [0.5, 0.6) is 0 Å². The minimum absolute atomic E-state index is 0.181. The summed E-state index contributed by atoms with van der Waals surface area (Å²) in [5.74, 6) is 0.181. The minimum atomic E-state index is -4.37. The Morgan fingerprint density at radius 3 is 2.77 bits per heavy atom. The second-order valence-corrected chi connectivity index (χ2v) is 5.88. The average Bonchev–Trinajstić information content (AvgIpc) is 3.00. The quantitative estimate of drug-likeness (QED) is 0.759. The fourth-order valence-corrected chi connectivity index (χ4v) is 2.84. The van der Waals surface area contributed by atoms with E-state index < -0.39 is 11.7 Å². The summed E-state index contributed by atoms with van der Waals surface area (Å²) in [7, 11) is 0. The first kappa shape index (κ1) is 16.2. The molecule has 5 nitrogen and oxygen atoms in total. The fourth-order valence-electron chi connectivity index (χ4n) is 2.84. The minimum Gasteiger partial charge on any atom is -0.366 e. The monoisotopic (exact) mass is 357 g/mol. The third-order valence-electron chi connectivity index (χ3n) is 4.08. The Kier molecular flexibility index (Phi) is 3.68. The molecular weight excluding hydrogens is 343 g/mol. The van der Waals surface area contributed by atoms with Crippen LogP contribution >= 0.6 is 0 Å². The molecule has 4 rings (SSSR count). The van der Waals surface area contributed by atoms with Crippen LogP contribution in [0.2, 0.25) is 0 Å². The molecule has 0 amide bonds. The second-order valence-electron chi connectivity index (χ2n) is 5.88. The number of allylic oxidation sites excluding steroid dienone is 2. The molecule has 0 saturated heterocycles. The third-order valence-corrected chi connectivity index (χ3v) is 4.08. The number of anilines is 2. The molecule has 0 spiro atoms. The van der Waals surface area contributed by atoms with E-state index in [0.29, 0.717) is 17.9 Å². The number of aromatic nitrogens is 3. The lowest BCUT2D eigenvalue weighted by atomic mass is 10.1. The van der Waals surface area contributed by atoms with Gasteiger partial charge in [0, 0.05) is 30.2 Å². The van der Waals surface area contributed by atoms with Gasteiger partial charge in [0.2, 0.25) is 5.95 Å². The smallest absolute Gasteiger partial charge is 0.366 e. The van der Waals surface area contributed by atoms with Crippen molar-refractivity contribution in [1.29, 1.82) is 0 Å². The van der Waals surface area contributed by atoms with Crippen LogP contribution in [-0.4, -0.2) is 21.1 Å². The molecule has 0 bridgehead atoms. The molecule has 8 heteroatoms. The highest BCUT2D eigenvalue weighted by Crippen LogP contribution is 2.32. The molecule has 0 saturated carbocycles. The van der Waals surface area contributed by atoms with Crippen molar-refractivity contribution < 1.29 is 13.2 Å². The Morgan fingerprint density at radius 2 is 1.96 bits per heavy atom. The molecule has 0 unspecified atom stereocenters. The van der Waals surface area contributed by atoms with E-state index in [0.717, 1.165) is 23.3 Å². The van der Waals surface area contributed by atoms with E-state index in [-0.39, 0.29) is 5.95 Å². The molecular formula is C18H14F3N5. The molecule has 132 valence electrons. The lowest BCUT2D eigenvalue weighted by molar-refractivity contribution is -0.137. The van der Waals surface area contributed by atoms with Crippen LogP contribution in [0.15, 0.2) is 60.9 Å². The topological polar surface area (TPSA) is 59.5 Å². The average molecular weight is 357 g/mol. The highest BCUT2D eigenvalue weighted by molar-refractivity contribution is 5.78. The van der Waals surface area contributed by atoms with Crippen LogP contribution in [0.1, 0.15) is 11.1 Å². The van der Waals surface area contributed by atoms with E-state index in [2.05, 4.69) is 10.1 Å². The highest BCUT2D eigenvalue weighted by Gasteiger charge is 2.30. The van der Waals surface area contributed by atoms with Gasteiger partial charge in [0.15, 0.2) is 5.65 Å². The zero-order valence-corrected chi connectivity index (χ0v) is 13.5. The molecule has 0 aliphatic carbocycles. The Balaban J connectivity index is 1.69. The van der Waals surface area contributed by atoms with Gasteiger partial charge in [-0.1, -0.05) is 18.2 Å². The summed E-state index contributed by atoms with van der Waals surface area (Å²) in [6.07, 6.45) is 3.05. The van der Waals surface area contributed by atoms with Gasteiger partial charge in [-0.25, -0.2) is 4.52 Å². The number of hydrogen-bond acceptors (Lipinski definition) is 4. The summed E-state index contributed by atoms with van der Waals surface area (Å²) in [6.45, 7) is 0.489. The number of halogens is 3. The van der Waals surface area contributed by atoms with Crippen molar-refractivity contribution in [2.24, 2.45) is 0 Å². The Hall–Kier alpha value is -3.29. The van der Waals surface area contributed by atoms with Gasteiger partial charge in [-0.3, -0.25) is 0 Å². The molecule has 3 aromatic rings. The number of hydrogen-bond donors (Lipinski definition) is 1. The standard InChI is InChI=1S/C18H14F3N5/c19-18(20,21)14-4-1-5-15(9-14)25-8-2-3-12(10-25)13-6-7-16-23-17(22)24-26(16)11-13/h1-7,9-11H,8H2,(H2,22,24). The molecule has 0 atom stereocenters. The molecule has 1 aliphatic rings. The van der Waals surface area contributed by atoms with Gasteiger partial charge in [0.05, 0.1) is 5.56 Å². The summed E-state index contributed by atoms with van der Waals surface area (Å²) >= 11 is 0. The van der Waals surface area contributed by atoms with E-state index in [1.54, 1.807) is 27.7 Å². The van der Waals surface area contributed by atoms with Gasteiger partial charge >= 0.3 is 6.18 Å². The number of nitrogens with two attached hydrogens (primary N) is 1. The molecule has 2 N–H and O–H groups in total. The van der Waals surface area contributed by atoms with Gasteiger partial charge < -0.3 is 10.6 Å². The van der Waals surface area contributed by atoms with Crippen molar-refractivity contribution in [1.82, 2.24) is 14.6 Å².